The van der Waals surface area contributed by atoms with Gasteiger partial charge in [0.25, 0.3) is 0 Å². The van der Waals surface area contributed by atoms with E-state index in [2.05, 4.69) is 30.7 Å². The molecule has 15 heavy (non-hydrogen) atoms. The van der Waals surface area contributed by atoms with Gasteiger partial charge < -0.3 is 0 Å². The van der Waals surface area contributed by atoms with E-state index >= 15 is 0 Å². The summed E-state index contributed by atoms with van der Waals surface area (Å²) in [5, 5.41) is 4.18. The average Bonchev–Trinajstić information content (AvgIpc) is 2.66. The van der Waals surface area contributed by atoms with E-state index in [1.165, 1.54) is 5.56 Å². The Morgan fingerprint density at radius 1 is 1.53 bits per heavy atom. The van der Waals surface area contributed by atoms with Gasteiger partial charge in [0.2, 0.25) is 0 Å². The molecule has 0 aliphatic rings. The fourth-order valence-electron chi connectivity index (χ4n) is 1.20. The Balaban J connectivity index is 2.09. The van der Waals surface area contributed by atoms with Crippen LogP contribution in [0.3, 0.4) is 0 Å². The molecule has 0 aliphatic carbocycles. The number of aryl methyl sites for hydroxylation is 1. The Morgan fingerprint density at radius 3 is 2.93 bits per heavy atom. The molecule has 84 valence electrons. The number of carbonyl (C=O) groups excluding carboxylic acids is 1. The van der Waals surface area contributed by atoms with Crippen molar-refractivity contribution in [2.24, 2.45) is 5.92 Å². The summed E-state index contributed by atoms with van der Waals surface area (Å²) >= 11 is 3.46. The summed E-state index contributed by atoms with van der Waals surface area (Å²) in [7, 11) is 0. The van der Waals surface area contributed by atoms with Crippen molar-refractivity contribution in [2.45, 2.75) is 26.7 Å². The molecule has 0 saturated heterocycles. The number of hydrogen-bond acceptors (Lipinski definition) is 3. The third-order valence-corrected chi connectivity index (χ3v) is 4.15. The molecule has 0 amide bonds. The van der Waals surface area contributed by atoms with Crippen LogP contribution in [-0.4, -0.2) is 17.3 Å². The Morgan fingerprint density at radius 2 is 2.33 bits per heavy atom. The minimum Gasteiger partial charge on any atom is -0.299 e. The van der Waals surface area contributed by atoms with Crippen molar-refractivity contribution < 1.29 is 4.79 Å². The average molecular weight is 242 g/mol. The van der Waals surface area contributed by atoms with Crippen molar-refractivity contribution in [1.82, 2.24) is 0 Å². The van der Waals surface area contributed by atoms with E-state index in [0.29, 0.717) is 23.9 Å². The maximum absolute atomic E-state index is 11.5. The lowest BCUT2D eigenvalue weighted by Gasteiger charge is -2.03. The highest BCUT2D eigenvalue weighted by atomic mass is 32.2. The number of rotatable bonds is 7. The molecular formula is C12H18OS2. The molecule has 1 heterocycles. The van der Waals surface area contributed by atoms with Crippen molar-refractivity contribution >= 4 is 28.9 Å². The Kier molecular flexibility index (Phi) is 6.03. The second-order valence-electron chi connectivity index (χ2n) is 4.08. The maximum Gasteiger partial charge on any atom is 0.143 e. The second kappa shape index (κ2) is 7.07. The van der Waals surface area contributed by atoms with Crippen molar-refractivity contribution in [3.63, 3.8) is 0 Å². The van der Waals surface area contributed by atoms with E-state index in [0.717, 1.165) is 12.2 Å². The van der Waals surface area contributed by atoms with E-state index in [1.807, 2.05) is 0 Å². The van der Waals surface area contributed by atoms with E-state index in [4.69, 9.17) is 0 Å². The van der Waals surface area contributed by atoms with Crippen LogP contribution in [0.5, 0.6) is 0 Å². The normalized spacial score (nSPS) is 10.9. The smallest absolute Gasteiger partial charge is 0.143 e. The monoisotopic (exact) mass is 242 g/mol. The first-order valence-corrected chi connectivity index (χ1v) is 7.38. The lowest BCUT2D eigenvalue weighted by atomic mass is 10.1. The van der Waals surface area contributed by atoms with Crippen LogP contribution < -0.4 is 0 Å². The van der Waals surface area contributed by atoms with Gasteiger partial charge in [-0.05, 0) is 40.5 Å². The summed E-state index contributed by atoms with van der Waals surface area (Å²) in [4.78, 5) is 11.5. The SMILES string of the molecule is CC(C)CSCC(=O)CCc1ccsc1. The first kappa shape index (κ1) is 12.8. The molecule has 0 aliphatic heterocycles. The topological polar surface area (TPSA) is 17.1 Å². The Hall–Kier alpha value is -0.280. The van der Waals surface area contributed by atoms with Crippen LogP contribution in [0.4, 0.5) is 0 Å². The van der Waals surface area contributed by atoms with Gasteiger partial charge in [-0.3, -0.25) is 4.79 Å². The number of thioether (sulfide) groups is 1. The quantitative estimate of drug-likeness (QED) is 0.726. The first-order valence-electron chi connectivity index (χ1n) is 5.29. The molecule has 0 unspecified atom stereocenters. The summed E-state index contributed by atoms with van der Waals surface area (Å²) in [5.74, 6) is 2.83. The van der Waals surface area contributed by atoms with Gasteiger partial charge in [0, 0.05) is 6.42 Å². The molecule has 0 spiro atoms. The van der Waals surface area contributed by atoms with Gasteiger partial charge in [-0.1, -0.05) is 13.8 Å². The highest BCUT2D eigenvalue weighted by Crippen LogP contribution is 2.11. The van der Waals surface area contributed by atoms with Crippen molar-refractivity contribution in [3.05, 3.63) is 22.4 Å². The molecule has 1 aromatic heterocycles. The van der Waals surface area contributed by atoms with E-state index in [9.17, 15) is 4.79 Å². The van der Waals surface area contributed by atoms with Gasteiger partial charge in [0.05, 0.1) is 5.75 Å². The van der Waals surface area contributed by atoms with Crippen LogP contribution in [0, 0.1) is 5.92 Å². The molecule has 0 atom stereocenters. The molecule has 3 heteroatoms. The van der Waals surface area contributed by atoms with E-state index in [1.54, 1.807) is 23.1 Å². The van der Waals surface area contributed by atoms with E-state index < -0.39 is 0 Å². The predicted octanol–water partition coefficient (Wildman–Crippen LogP) is 3.64. The molecule has 0 aromatic carbocycles. The fourth-order valence-corrected chi connectivity index (χ4v) is 2.86. The largest absolute Gasteiger partial charge is 0.299 e. The molecular weight excluding hydrogens is 224 g/mol. The predicted molar refractivity (Wildman–Crippen MR) is 69.8 cm³/mol. The van der Waals surface area contributed by atoms with Gasteiger partial charge in [-0.25, -0.2) is 0 Å². The molecule has 1 nitrogen and oxygen atoms in total. The zero-order chi connectivity index (χ0) is 11.1. The standard InChI is InChI=1S/C12H18OS2/c1-10(2)7-15-9-12(13)4-3-11-5-6-14-8-11/h5-6,8,10H,3-4,7,9H2,1-2H3. The second-order valence-corrected chi connectivity index (χ2v) is 5.89. The van der Waals surface area contributed by atoms with Crippen LogP contribution in [0.2, 0.25) is 0 Å². The molecule has 0 N–H and O–H groups in total. The molecule has 1 aromatic rings. The molecule has 0 radical (unpaired) electrons. The number of thiophene rings is 1. The van der Waals surface area contributed by atoms with Crippen LogP contribution in [0.15, 0.2) is 16.8 Å². The first-order chi connectivity index (χ1) is 7.18. The minimum absolute atomic E-state index is 0.381. The van der Waals surface area contributed by atoms with Crippen LogP contribution >= 0.6 is 23.1 Å². The third-order valence-electron chi connectivity index (χ3n) is 1.99. The number of Topliss-reactive ketones (excluding diaryl/α,β-unsaturated/α-hetero) is 1. The number of carbonyl (C=O) groups is 1. The molecule has 0 saturated carbocycles. The lowest BCUT2D eigenvalue weighted by Crippen LogP contribution is -2.04. The van der Waals surface area contributed by atoms with Gasteiger partial charge in [-0.15, -0.1) is 0 Å². The summed E-state index contributed by atoms with van der Waals surface area (Å²) in [5.41, 5.74) is 1.29. The number of hydrogen-bond donors (Lipinski definition) is 0. The van der Waals surface area contributed by atoms with Gasteiger partial charge in [0.1, 0.15) is 5.78 Å². The maximum atomic E-state index is 11.5. The Bertz CT molecular complexity index is 278. The highest BCUT2D eigenvalue weighted by Gasteiger charge is 2.04. The van der Waals surface area contributed by atoms with E-state index in [-0.39, 0.29) is 0 Å². The zero-order valence-corrected chi connectivity index (χ0v) is 11.0. The lowest BCUT2D eigenvalue weighted by molar-refractivity contribution is -0.116. The summed E-state index contributed by atoms with van der Waals surface area (Å²) in [6, 6.07) is 2.10. The summed E-state index contributed by atoms with van der Waals surface area (Å²) in [6.45, 7) is 4.37. The minimum atomic E-state index is 0.381. The highest BCUT2D eigenvalue weighted by molar-refractivity contribution is 7.99. The van der Waals surface area contributed by atoms with Crippen molar-refractivity contribution in [1.29, 1.82) is 0 Å². The van der Waals surface area contributed by atoms with Crippen molar-refractivity contribution in [3.8, 4) is 0 Å². The van der Waals surface area contributed by atoms with Crippen LogP contribution in [-0.2, 0) is 11.2 Å². The van der Waals surface area contributed by atoms with Gasteiger partial charge in [0.15, 0.2) is 0 Å². The molecule has 0 bridgehead atoms. The van der Waals surface area contributed by atoms with Crippen molar-refractivity contribution in [2.75, 3.05) is 11.5 Å². The molecule has 0 fully saturated rings. The Labute approximate surface area is 100 Å². The summed E-state index contributed by atoms with van der Waals surface area (Å²) in [6.07, 6.45) is 1.60. The third kappa shape index (κ3) is 6.00. The van der Waals surface area contributed by atoms with Gasteiger partial charge in [-0.2, -0.15) is 23.1 Å². The number of ketones is 1. The summed E-state index contributed by atoms with van der Waals surface area (Å²) < 4.78 is 0. The molecule has 1 rings (SSSR count). The van der Waals surface area contributed by atoms with Gasteiger partial charge >= 0.3 is 0 Å². The van der Waals surface area contributed by atoms with Crippen LogP contribution in [0.1, 0.15) is 25.8 Å². The fraction of sp³-hybridized carbons (Fsp3) is 0.583. The zero-order valence-electron chi connectivity index (χ0n) is 9.36. The van der Waals surface area contributed by atoms with Crippen LogP contribution in [0.25, 0.3) is 0 Å².